The second kappa shape index (κ2) is 34.4. The predicted molar refractivity (Wildman–Crippen MR) is 161 cm³/mol. The quantitative estimate of drug-likeness (QED) is 0.0606. The van der Waals surface area contributed by atoms with E-state index in [-0.39, 0.29) is 44.6 Å². The minimum absolute atomic E-state index is 0.149. The van der Waals surface area contributed by atoms with Gasteiger partial charge in [0.1, 0.15) is 0 Å². The van der Waals surface area contributed by atoms with Gasteiger partial charge < -0.3 is 9.47 Å². The molecule has 0 aliphatic rings. The zero-order valence-electron chi connectivity index (χ0n) is 23.9. The van der Waals surface area contributed by atoms with Crippen molar-refractivity contribution < 1.29 is 19.1 Å². The predicted octanol–water partition coefficient (Wildman–Crippen LogP) is 8.48. The fraction of sp³-hybridized carbons (Fsp3) is 0.929. The molecule has 7 heteroatoms. The number of hydrogen-bond donors (Lipinski definition) is 2. The van der Waals surface area contributed by atoms with Gasteiger partial charge in [-0.2, -0.15) is 25.3 Å². The Morgan fingerprint density at radius 1 is 0.629 bits per heavy atom. The first-order valence-corrected chi connectivity index (χ1v) is 19.4. The van der Waals surface area contributed by atoms with Crippen LogP contribution < -0.4 is 0 Å². The maximum absolute atomic E-state index is 10.8. The van der Waals surface area contributed by atoms with Gasteiger partial charge in [-0.3, -0.25) is 9.59 Å². The second-order valence-corrected chi connectivity index (χ2v) is 13.9. The summed E-state index contributed by atoms with van der Waals surface area (Å²) in [5, 5.41) is 0. The molecule has 0 bridgehead atoms. The molecule has 2 radical (unpaired) electrons. The van der Waals surface area contributed by atoms with Crippen LogP contribution in [0.5, 0.6) is 0 Å². The monoisotopic (exact) mass is 642 g/mol. The van der Waals surface area contributed by atoms with E-state index < -0.39 is 0 Å². The van der Waals surface area contributed by atoms with Crippen LogP contribution in [0.3, 0.4) is 0 Å². The maximum atomic E-state index is 10.8. The molecule has 0 aliphatic carbocycles. The Kier molecular flexibility index (Phi) is 39.3. The Morgan fingerprint density at radius 2 is 0.971 bits per heavy atom. The van der Waals surface area contributed by atoms with Crippen LogP contribution in [0, 0.1) is 11.8 Å². The molecule has 0 aliphatic heterocycles. The van der Waals surface area contributed by atoms with Crippen LogP contribution in [-0.4, -0.2) is 57.8 Å². The van der Waals surface area contributed by atoms with Crippen molar-refractivity contribution >= 4 is 58.3 Å². The number of ether oxygens (including phenoxy) is 2. The average Bonchev–Trinajstić information content (AvgIpc) is 2.89. The summed E-state index contributed by atoms with van der Waals surface area (Å²) in [5.41, 5.74) is 0. The normalized spacial score (nSPS) is 11.9. The van der Waals surface area contributed by atoms with Gasteiger partial charge in [-0.1, -0.05) is 66.2 Å². The number of unbranched alkanes of at least 4 members (excludes halogenated alkanes) is 4. The van der Waals surface area contributed by atoms with Crippen LogP contribution in [0.4, 0.5) is 0 Å². The van der Waals surface area contributed by atoms with Gasteiger partial charge in [-0.25, -0.2) is 0 Å². The molecule has 0 fully saturated rings. The average molecular weight is 642 g/mol. The molecule has 0 aromatic carbocycles. The molecule has 2 unspecified atom stereocenters. The van der Waals surface area contributed by atoms with E-state index in [0.717, 1.165) is 25.7 Å². The number of rotatable bonds is 20. The van der Waals surface area contributed by atoms with Crippen molar-refractivity contribution in [1.82, 2.24) is 0 Å². The third-order valence-electron chi connectivity index (χ3n) is 5.72. The summed E-state index contributed by atoms with van der Waals surface area (Å²) in [6.45, 7) is 14.3. The van der Waals surface area contributed by atoms with Crippen LogP contribution in [0.25, 0.3) is 0 Å². The number of carbonyl (C=O) groups is 2. The topological polar surface area (TPSA) is 52.6 Å². The molecule has 35 heavy (non-hydrogen) atoms. The SMILES string of the molecule is CCCCC(CC)COC(=O)CS.CCCCC(CC)COC(=O)CS.CCC[CH2][Sn][CH2]CCC. The summed E-state index contributed by atoms with van der Waals surface area (Å²) in [7, 11) is 0. The second-order valence-electron chi connectivity index (χ2n) is 8.97. The Bertz CT molecular complexity index is 401. The molecule has 2 atom stereocenters. The summed E-state index contributed by atoms with van der Waals surface area (Å²) in [6.07, 6.45) is 15.2. The first kappa shape index (κ1) is 39.9. The number of esters is 2. The number of carbonyl (C=O) groups excluding carboxylic acids is 2. The van der Waals surface area contributed by atoms with Crippen LogP contribution >= 0.6 is 25.3 Å². The summed E-state index contributed by atoms with van der Waals surface area (Å²) in [6, 6.07) is 0. The fourth-order valence-corrected chi connectivity index (χ4v) is 7.38. The van der Waals surface area contributed by atoms with Gasteiger partial charge in [0.2, 0.25) is 0 Å². The first-order valence-electron chi connectivity index (χ1n) is 14.1. The van der Waals surface area contributed by atoms with E-state index in [1.165, 1.54) is 51.4 Å². The van der Waals surface area contributed by atoms with Crippen LogP contribution in [-0.2, 0) is 19.1 Å². The Hall–Kier alpha value is 0.439. The summed E-state index contributed by atoms with van der Waals surface area (Å²) in [5.74, 6) is 1.01. The van der Waals surface area contributed by atoms with E-state index in [4.69, 9.17) is 9.47 Å². The zero-order chi connectivity index (χ0) is 27.2. The first-order chi connectivity index (χ1) is 16.9. The van der Waals surface area contributed by atoms with Gasteiger partial charge in [0, 0.05) is 0 Å². The summed E-state index contributed by atoms with van der Waals surface area (Å²) >= 11 is 7.84. The summed E-state index contributed by atoms with van der Waals surface area (Å²) < 4.78 is 13.3. The molecule has 0 saturated heterocycles. The fourth-order valence-electron chi connectivity index (χ4n) is 3.04. The molecule has 210 valence electrons. The van der Waals surface area contributed by atoms with Crippen molar-refractivity contribution in [2.45, 2.75) is 127 Å². The van der Waals surface area contributed by atoms with Crippen molar-refractivity contribution in [2.75, 3.05) is 24.7 Å². The van der Waals surface area contributed by atoms with Crippen LogP contribution in [0.2, 0.25) is 8.87 Å². The van der Waals surface area contributed by atoms with Gasteiger partial charge in [-0.15, -0.1) is 0 Å². The molecule has 0 amide bonds. The van der Waals surface area contributed by atoms with Crippen molar-refractivity contribution in [2.24, 2.45) is 11.8 Å². The molecule has 0 N–H and O–H groups in total. The third-order valence-corrected chi connectivity index (χ3v) is 10.3. The van der Waals surface area contributed by atoms with E-state index in [1.54, 1.807) is 8.87 Å². The molecule has 4 nitrogen and oxygen atoms in total. The van der Waals surface area contributed by atoms with Gasteiger partial charge in [-0.05, 0) is 24.7 Å². The van der Waals surface area contributed by atoms with Crippen LogP contribution in [0.1, 0.15) is 119 Å². The van der Waals surface area contributed by atoms with Gasteiger partial charge in [0.15, 0.2) is 0 Å². The van der Waals surface area contributed by atoms with E-state index in [0.29, 0.717) is 25.0 Å². The molecule has 0 aromatic heterocycles. The van der Waals surface area contributed by atoms with Gasteiger partial charge >= 0.3 is 81.5 Å². The molecular weight excluding hydrogens is 583 g/mol. The van der Waals surface area contributed by atoms with Crippen molar-refractivity contribution in [3.8, 4) is 0 Å². The molecule has 0 aromatic rings. The standard InChI is InChI=1S/2C10H20O2S.2C4H9.Sn/c2*1-3-5-6-9(4-2)7-12-10(11)8-13;2*1-3-4-2;/h2*9,13H,3-8H2,1-2H3;2*1,3-4H2,2H3;. The minimum atomic E-state index is -0.210. The molecule has 0 rings (SSSR count). The summed E-state index contributed by atoms with van der Waals surface area (Å²) in [4.78, 5) is 21.6. The molecule has 0 saturated carbocycles. The molecular formula is C28H58O4S2Sn. The zero-order valence-corrected chi connectivity index (χ0v) is 28.6. The Balaban J connectivity index is -0.000000448. The van der Waals surface area contributed by atoms with E-state index in [1.807, 2.05) is 0 Å². The van der Waals surface area contributed by atoms with Gasteiger partial charge in [0.25, 0.3) is 0 Å². The Morgan fingerprint density at radius 3 is 1.23 bits per heavy atom. The van der Waals surface area contributed by atoms with E-state index in [2.05, 4.69) is 66.8 Å². The van der Waals surface area contributed by atoms with Crippen molar-refractivity contribution in [1.29, 1.82) is 0 Å². The molecule has 0 heterocycles. The van der Waals surface area contributed by atoms with Gasteiger partial charge in [0.05, 0.1) is 24.7 Å². The van der Waals surface area contributed by atoms with Crippen molar-refractivity contribution in [3.63, 3.8) is 0 Å². The number of hydrogen-bond acceptors (Lipinski definition) is 6. The van der Waals surface area contributed by atoms with Crippen LogP contribution in [0.15, 0.2) is 0 Å². The van der Waals surface area contributed by atoms with E-state index >= 15 is 0 Å². The number of thiol groups is 2. The van der Waals surface area contributed by atoms with Crippen molar-refractivity contribution in [3.05, 3.63) is 0 Å². The molecule has 0 spiro atoms. The third kappa shape index (κ3) is 34.4. The Labute approximate surface area is 240 Å². The van der Waals surface area contributed by atoms with E-state index in [9.17, 15) is 9.59 Å².